The first-order valence-electron chi connectivity index (χ1n) is 10.0. The van der Waals surface area contributed by atoms with Crippen molar-refractivity contribution in [2.45, 2.75) is 44.6 Å². The van der Waals surface area contributed by atoms with E-state index in [1.807, 2.05) is 26.8 Å². The van der Waals surface area contributed by atoms with Crippen molar-refractivity contribution < 1.29 is 22.6 Å². The lowest BCUT2D eigenvalue weighted by Gasteiger charge is -2.23. The molecular weight excluding hydrogens is 404 g/mol. The molecule has 1 N–H and O–H groups in total. The molecule has 1 aromatic heterocycles. The number of hydrogen-bond donors (Lipinski definition) is 1. The summed E-state index contributed by atoms with van der Waals surface area (Å²) in [5, 5.41) is 0. The van der Waals surface area contributed by atoms with Crippen LogP contribution in [0.25, 0.3) is 0 Å². The van der Waals surface area contributed by atoms with Crippen molar-refractivity contribution in [1.29, 1.82) is 0 Å². The average Bonchev–Trinajstić information content (AvgIpc) is 2.71. The molecule has 0 aliphatic heterocycles. The molecule has 1 unspecified atom stereocenters. The second-order valence-electron chi connectivity index (χ2n) is 7.53. The SMILES string of the molecule is COCCCOc1cc(CC(NS(=O)(=O)c2ccc(C)cc2)C(C)C)cnc1OC. The molecule has 0 spiro atoms. The van der Waals surface area contributed by atoms with Crippen molar-refractivity contribution in [3.63, 3.8) is 0 Å². The number of sulfonamides is 1. The molecule has 1 aromatic carbocycles. The van der Waals surface area contributed by atoms with E-state index < -0.39 is 10.0 Å². The van der Waals surface area contributed by atoms with Gasteiger partial charge in [-0.2, -0.15) is 0 Å². The monoisotopic (exact) mass is 436 g/mol. The molecule has 0 fully saturated rings. The molecule has 166 valence electrons. The Labute approximate surface area is 179 Å². The minimum absolute atomic E-state index is 0.0818. The Balaban J connectivity index is 2.16. The summed E-state index contributed by atoms with van der Waals surface area (Å²) in [5.41, 5.74) is 1.87. The van der Waals surface area contributed by atoms with Gasteiger partial charge in [0, 0.05) is 32.4 Å². The fourth-order valence-electron chi connectivity index (χ4n) is 2.88. The lowest BCUT2D eigenvalue weighted by atomic mass is 9.98. The quantitative estimate of drug-likeness (QED) is 0.514. The maximum absolute atomic E-state index is 12.8. The minimum atomic E-state index is -3.63. The van der Waals surface area contributed by atoms with Crippen LogP contribution in [-0.2, 0) is 21.2 Å². The zero-order valence-corrected chi connectivity index (χ0v) is 19.2. The van der Waals surface area contributed by atoms with Gasteiger partial charge in [-0.15, -0.1) is 0 Å². The van der Waals surface area contributed by atoms with E-state index in [4.69, 9.17) is 14.2 Å². The van der Waals surface area contributed by atoms with E-state index in [0.717, 1.165) is 17.5 Å². The summed E-state index contributed by atoms with van der Waals surface area (Å²) >= 11 is 0. The third-order valence-corrected chi connectivity index (χ3v) is 6.22. The first-order valence-corrected chi connectivity index (χ1v) is 11.5. The first-order chi connectivity index (χ1) is 14.3. The number of ether oxygens (including phenoxy) is 3. The molecule has 0 bridgehead atoms. The molecular formula is C22H32N2O5S. The molecule has 0 radical (unpaired) electrons. The van der Waals surface area contributed by atoms with Gasteiger partial charge in [-0.25, -0.2) is 18.1 Å². The number of methoxy groups -OCH3 is 2. The fraction of sp³-hybridized carbons (Fsp3) is 0.500. The van der Waals surface area contributed by atoms with Crippen LogP contribution >= 0.6 is 0 Å². The predicted octanol–water partition coefficient (Wildman–Crippen LogP) is 3.36. The standard InChI is InChI=1S/C22H32N2O5S/c1-16(2)20(24-30(25,26)19-9-7-17(3)8-10-19)13-18-14-21(22(28-5)23-15-18)29-12-6-11-27-4/h7-10,14-16,20,24H,6,11-13H2,1-5H3. The fourth-order valence-corrected chi connectivity index (χ4v) is 4.26. The normalized spacial score (nSPS) is 12.7. The molecule has 0 aliphatic rings. The maximum atomic E-state index is 12.8. The van der Waals surface area contributed by atoms with Gasteiger partial charge in [0.2, 0.25) is 10.0 Å². The molecule has 7 nitrogen and oxygen atoms in total. The van der Waals surface area contributed by atoms with Crippen LogP contribution in [0.15, 0.2) is 41.4 Å². The van der Waals surface area contributed by atoms with Gasteiger partial charge < -0.3 is 14.2 Å². The Morgan fingerprint density at radius 3 is 2.40 bits per heavy atom. The van der Waals surface area contributed by atoms with E-state index in [1.165, 1.54) is 7.11 Å². The van der Waals surface area contributed by atoms with Crippen LogP contribution in [0, 0.1) is 12.8 Å². The van der Waals surface area contributed by atoms with Crippen molar-refractivity contribution in [1.82, 2.24) is 9.71 Å². The van der Waals surface area contributed by atoms with Crippen molar-refractivity contribution in [2.75, 3.05) is 27.4 Å². The molecule has 2 rings (SSSR count). The maximum Gasteiger partial charge on any atom is 0.256 e. The van der Waals surface area contributed by atoms with Crippen LogP contribution in [-0.4, -0.2) is 46.9 Å². The lowest BCUT2D eigenvalue weighted by molar-refractivity contribution is 0.170. The van der Waals surface area contributed by atoms with Crippen LogP contribution in [0.1, 0.15) is 31.4 Å². The Morgan fingerprint density at radius 1 is 1.10 bits per heavy atom. The van der Waals surface area contributed by atoms with Crippen LogP contribution < -0.4 is 14.2 Å². The predicted molar refractivity (Wildman–Crippen MR) is 117 cm³/mol. The topological polar surface area (TPSA) is 86.8 Å². The van der Waals surface area contributed by atoms with Crippen molar-refractivity contribution in [3.8, 4) is 11.6 Å². The second kappa shape index (κ2) is 11.3. The highest BCUT2D eigenvalue weighted by Gasteiger charge is 2.23. The Morgan fingerprint density at radius 2 is 1.80 bits per heavy atom. The van der Waals surface area contributed by atoms with Gasteiger partial charge in [0.05, 0.1) is 18.6 Å². The van der Waals surface area contributed by atoms with Crippen molar-refractivity contribution >= 4 is 10.0 Å². The molecule has 30 heavy (non-hydrogen) atoms. The van der Waals surface area contributed by atoms with Gasteiger partial charge in [0.15, 0.2) is 5.75 Å². The summed E-state index contributed by atoms with van der Waals surface area (Å²) < 4.78 is 44.6. The number of pyridine rings is 1. The van der Waals surface area contributed by atoms with E-state index in [1.54, 1.807) is 37.6 Å². The Bertz CT molecular complexity index is 898. The highest BCUT2D eigenvalue weighted by atomic mass is 32.2. The number of nitrogens with one attached hydrogen (secondary N) is 1. The Kier molecular flexibility index (Phi) is 9.08. The molecule has 1 heterocycles. The van der Waals surface area contributed by atoms with Gasteiger partial charge >= 0.3 is 0 Å². The van der Waals surface area contributed by atoms with Crippen LogP contribution in [0.3, 0.4) is 0 Å². The minimum Gasteiger partial charge on any atom is -0.488 e. The van der Waals surface area contributed by atoms with Gasteiger partial charge in [0.1, 0.15) is 0 Å². The molecule has 2 aromatic rings. The molecule has 0 aliphatic carbocycles. The van der Waals surface area contributed by atoms with Gasteiger partial charge in [-0.3, -0.25) is 0 Å². The number of aromatic nitrogens is 1. The van der Waals surface area contributed by atoms with E-state index in [0.29, 0.717) is 31.3 Å². The van der Waals surface area contributed by atoms with Gasteiger partial charge in [0.25, 0.3) is 5.88 Å². The highest BCUT2D eigenvalue weighted by molar-refractivity contribution is 7.89. The highest BCUT2D eigenvalue weighted by Crippen LogP contribution is 2.26. The second-order valence-corrected chi connectivity index (χ2v) is 9.25. The molecule has 0 saturated heterocycles. The van der Waals surface area contributed by atoms with Crippen LogP contribution in [0.2, 0.25) is 0 Å². The number of rotatable bonds is 12. The third-order valence-electron chi connectivity index (χ3n) is 4.72. The van der Waals surface area contributed by atoms with Gasteiger partial charge in [-0.1, -0.05) is 31.5 Å². The zero-order valence-electron chi connectivity index (χ0n) is 18.3. The molecule has 8 heteroatoms. The van der Waals surface area contributed by atoms with E-state index in [-0.39, 0.29) is 16.9 Å². The summed E-state index contributed by atoms with van der Waals surface area (Å²) in [4.78, 5) is 4.58. The average molecular weight is 437 g/mol. The smallest absolute Gasteiger partial charge is 0.256 e. The zero-order chi connectivity index (χ0) is 22.1. The molecule has 0 saturated carbocycles. The lowest BCUT2D eigenvalue weighted by Crippen LogP contribution is -2.40. The summed E-state index contributed by atoms with van der Waals surface area (Å²) in [6.45, 7) is 6.98. The Hall–Kier alpha value is -2.16. The third kappa shape index (κ3) is 6.97. The first kappa shape index (κ1) is 24.1. The largest absolute Gasteiger partial charge is 0.488 e. The number of aryl methyl sites for hydroxylation is 1. The molecule has 0 amide bonds. The number of hydrogen-bond acceptors (Lipinski definition) is 6. The van der Waals surface area contributed by atoms with E-state index in [2.05, 4.69) is 9.71 Å². The van der Waals surface area contributed by atoms with Crippen LogP contribution in [0.5, 0.6) is 11.6 Å². The number of nitrogens with zero attached hydrogens (tertiary/aromatic N) is 1. The van der Waals surface area contributed by atoms with E-state index in [9.17, 15) is 8.42 Å². The summed E-state index contributed by atoms with van der Waals surface area (Å²) in [6.07, 6.45) is 2.92. The van der Waals surface area contributed by atoms with Crippen LogP contribution in [0.4, 0.5) is 0 Å². The molecule has 1 atom stereocenters. The number of benzene rings is 1. The summed E-state index contributed by atoms with van der Waals surface area (Å²) in [7, 11) is -0.441. The van der Waals surface area contributed by atoms with Crippen molar-refractivity contribution in [2.24, 2.45) is 5.92 Å². The summed E-state index contributed by atoms with van der Waals surface area (Å²) in [5.74, 6) is 1.02. The van der Waals surface area contributed by atoms with Crippen molar-refractivity contribution in [3.05, 3.63) is 47.7 Å². The van der Waals surface area contributed by atoms with E-state index >= 15 is 0 Å². The van der Waals surface area contributed by atoms with Gasteiger partial charge in [-0.05, 0) is 43.0 Å². The summed E-state index contributed by atoms with van der Waals surface area (Å²) in [6, 6.07) is 8.38.